The summed E-state index contributed by atoms with van der Waals surface area (Å²) in [5, 5.41) is 11.7. The van der Waals surface area contributed by atoms with E-state index in [4.69, 9.17) is 9.26 Å². The summed E-state index contributed by atoms with van der Waals surface area (Å²) in [6.45, 7) is 5.42. The van der Waals surface area contributed by atoms with Gasteiger partial charge in [-0.05, 0) is 44.5 Å². The topological polar surface area (TPSA) is 99.2 Å². The number of aryl methyl sites for hydroxylation is 1. The first-order valence-corrected chi connectivity index (χ1v) is 8.75. The number of carbonyl (C=O) groups is 1. The lowest BCUT2D eigenvalue weighted by molar-refractivity contribution is -0.122. The average molecular weight is 370 g/mol. The fourth-order valence-corrected chi connectivity index (χ4v) is 2.75. The molecule has 0 fully saturated rings. The van der Waals surface area contributed by atoms with Gasteiger partial charge < -0.3 is 14.6 Å². The molecule has 1 N–H and O–H groups in total. The van der Waals surface area contributed by atoms with Gasteiger partial charge in [0.05, 0.1) is 12.5 Å². The zero-order chi connectivity index (χ0) is 19.6. The standard InChI is InChI=1S/C19H22N4O4/c1-5-11(2)20-15(24)10-23-19(25)18-16(12(3)27-22-18)17(21-23)13-6-8-14(26-4)9-7-13/h6-9,11H,5,10H2,1-4H3,(H,20,24)/t11-/m0/s1. The zero-order valence-electron chi connectivity index (χ0n) is 15.8. The summed E-state index contributed by atoms with van der Waals surface area (Å²) in [5.41, 5.74) is 0.994. The van der Waals surface area contributed by atoms with Crippen molar-refractivity contribution in [3.63, 3.8) is 0 Å². The second-order valence-electron chi connectivity index (χ2n) is 6.38. The molecular formula is C19H22N4O4. The van der Waals surface area contributed by atoms with Gasteiger partial charge in [0, 0.05) is 11.6 Å². The number of nitrogens with one attached hydrogen (secondary N) is 1. The van der Waals surface area contributed by atoms with E-state index in [9.17, 15) is 9.59 Å². The number of hydrogen-bond donors (Lipinski definition) is 1. The third-order valence-corrected chi connectivity index (χ3v) is 4.43. The lowest BCUT2D eigenvalue weighted by Gasteiger charge is -2.13. The number of amides is 1. The van der Waals surface area contributed by atoms with Crippen LogP contribution in [-0.4, -0.2) is 34.0 Å². The molecule has 8 nitrogen and oxygen atoms in total. The molecule has 2 heterocycles. The highest BCUT2D eigenvalue weighted by molar-refractivity contribution is 5.93. The number of carbonyl (C=O) groups excluding carboxylic acids is 1. The van der Waals surface area contributed by atoms with Crippen molar-refractivity contribution >= 4 is 16.8 Å². The molecule has 0 spiro atoms. The van der Waals surface area contributed by atoms with Gasteiger partial charge in [0.25, 0.3) is 5.56 Å². The third-order valence-electron chi connectivity index (χ3n) is 4.43. The Morgan fingerprint density at radius 2 is 2.04 bits per heavy atom. The molecule has 27 heavy (non-hydrogen) atoms. The summed E-state index contributed by atoms with van der Waals surface area (Å²) in [7, 11) is 1.59. The van der Waals surface area contributed by atoms with E-state index in [1.165, 1.54) is 0 Å². The number of hydrogen-bond acceptors (Lipinski definition) is 6. The van der Waals surface area contributed by atoms with Crippen molar-refractivity contribution in [2.75, 3.05) is 7.11 Å². The first-order valence-electron chi connectivity index (χ1n) is 8.75. The van der Waals surface area contributed by atoms with Crippen molar-refractivity contribution < 1.29 is 14.1 Å². The fraction of sp³-hybridized carbons (Fsp3) is 0.368. The molecule has 0 aliphatic heterocycles. The highest BCUT2D eigenvalue weighted by atomic mass is 16.5. The van der Waals surface area contributed by atoms with E-state index < -0.39 is 5.56 Å². The van der Waals surface area contributed by atoms with Gasteiger partial charge in [-0.1, -0.05) is 12.1 Å². The molecule has 8 heteroatoms. The summed E-state index contributed by atoms with van der Waals surface area (Å²) >= 11 is 0. The van der Waals surface area contributed by atoms with Crippen molar-refractivity contribution in [3.8, 4) is 17.0 Å². The van der Waals surface area contributed by atoms with E-state index >= 15 is 0 Å². The number of fused-ring (bicyclic) bond motifs is 1. The monoisotopic (exact) mass is 370 g/mol. The van der Waals surface area contributed by atoms with E-state index in [2.05, 4.69) is 15.6 Å². The largest absolute Gasteiger partial charge is 0.497 e. The van der Waals surface area contributed by atoms with E-state index in [1.807, 2.05) is 26.0 Å². The smallest absolute Gasteiger partial charge is 0.297 e. The quantitative estimate of drug-likeness (QED) is 0.715. The first-order chi connectivity index (χ1) is 12.9. The Morgan fingerprint density at radius 1 is 1.33 bits per heavy atom. The Morgan fingerprint density at radius 3 is 2.67 bits per heavy atom. The summed E-state index contributed by atoms with van der Waals surface area (Å²) in [6.07, 6.45) is 0.798. The maximum atomic E-state index is 12.7. The molecule has 1 amide bonds. The van der Waals surface area contributed by atoms with Crippen LogP contribution in [0.25, 0.3) is 22.2 Å². The fourth-order valence-electron chi connectivity index (χ4n) is 2.75. The molecule has 142 valence electrons. The molecule has 1 aromatic carbocycles. The van der Waals surface area contributed by atoms with E-state index in [1.54, 1.807) is 26.2 Å². The summed E-state index contributed by atoms with van der Waals surface area (Å²) < 4.78 is 11.5. The molecule has 0 saturated carbocycles. The molecule has 2 aromatic heterocycles. The predicted octanol–water partition coefficient (Wildman–Crippen LogP) is 2.28. The van der Waals surface area contributed by atoms with Crippen molar-refractivity contribution in [1.29, 1.82) is 0 Å². The van der Waals surface area contributed by atoms with Crippen molar-refractivity contribution in [3.05, 3.63) is 40.4 Å². The summed E-state index contributed by atoms with van der Waals surface area (Å²) in [5.74, 6) is 0.925. The minimum absolute atomic E-state index is 0.0206. The highest BCUT2D eigenvalue weighted by Gasteiger charge is 2.20. The lowest BCUT2D eigenvalue weighted by atomic mass is 10.1. The molecule has 0 aliphatic rings. The number of rotatable bonds is 6. The minimum Gasteiger partial charge on any atom is -0.497 e. The maximum Gasteiger partial charge on any atom is 0.297 e. The molecule has 3 rings (SSSR count). The number of aromatic nitrogens is 3. The van der Waals surface area contributed by atoms with Gasteiger partial charge in [-0.2, -0.15) is 5.10 Å². The summed E-state index contributed by atoms with van der Waals surface area (Å²) in [6, 6.07) is 7.29. The SMILES string of the molecule is CC[C@H](C)NC(=O)Cn1nc(-c2ccc(OC)cc2)c2c(C)onc2c1=O. The Kier molecular flexibility index (Phi) is 5.25. The number of nitrogens with zero attached hydrogens (tertiary/aromatic N) is 3. The second-order valence-corrected chi connectivity index (χ2v) is 6.38. The van der Waals surface area contributed by atoms with Gasteiger partial charge in [0.15, 0.2) is 5.52 Å². The van der Waals surface area contributed by atoms with Crippen molar-refractivity contribution in [1.82, 2.24) is 20.3 Å². The first kappa shape index (κ1) is 18.6. The van der Waals surface area contributed by atoms with Gasteiger partial charge in [-0.25, -0.2) is 4.68 Å². The second kappa shape index (κ2) is 7.61. The van der Waals surface area contributed by atoms with Crippen LogP contribution >= 0.6 is 0 Å². The van der Waals surface area contributed by atoms with Crippen LogP contribution in [0.4, 0.5) is 0 Å². The zero-order valence-corrected chi connectivity index (χ0v) is 15.8. The summed E-state index contributed by atoms with van der Waals surface area (Å²) in [4.78, 5) is 24.9. The molecular weight excluding hydrogens is 348 g/mol. The lowest BCUT2D eigenvalue weighted by Crippen LogP contribution is -2.38. The van der Waals surface area contributed by atoms with Gasteiger partial charge >= 0.3 is 0 Å². The molecule has 3 aromatic rings. The molecule has 0 unspecified atom stereocenters. The van der Waals surface area contributed by atoms with Crippen molar-refractivity contribution in [2.24, 2.45) is 0 Å². The van der Waals surface area contributed by atoms with Gasteiger partial charge in [0.1, 0.15) is 23.7 Å². The van der Waals surface area contributed by atoms with Crippen LogP contribution < -0.4 is 15.6 Å². The van der Waals surface area contributed by atoms with Gasteiger partial charge in [-0.3, -0.25) is 9.59 Å². The van der Waals surface area contributed by atoms with Crippen LogP contribution in [-0.2, 0) is 11.3 Å². The molecule has 0 radical (unpaired) electrons. The van der Waals surface area contributed by atoms with Crippen LogP contribution in [0.1, 0.15) is 26.0 Å². The molecule has 0 bridgehead atoms. The number of ether oxygens (including phenoxy) is 1. The van der Waals surface area contributed by atoms with Crippen LogP contribution in [0.3, 0.4) is 0 Å². The normalized spacial score (nSPS) is 12.1. The molecule has 1 atom stereocenters. The van der Waals surface area contributed by atoms with Crippen molar-refractivity contribution in [2.45, 2.75) is 39.8 Å². The van der Waals surface area contributed by atoms with E-state index in [0.717, 1.165) is 16.7 Å². The minimum atomic E-state index is -0.460. The Balaban J connectivity index is 2.09. The van der Waals surface area contributed by atoms with Crippen LogP contribution in [0.15, 0.2) is 33.6 Å². The molecule has 0 saturated heterocycles. The predicted molar refractivity (Wildman–Crippen MR) is 101 cm³/mol. The van der Waals surface area contributed by atoms with Gasteiger partial charge in [-0.15, -0.1) is 0 Å². The van der Waals surface area contributed by atoms with E-state index in [0.29, 0.717) is 22.6 Å². The van der Waals surface area contributed by atoms with Crippen LogP contribution in [0, 0.1) is 6.92 Å². The van der Waals surface area contributed by atoms with Gasteiger partial charge in [0.2, 0.25) is 5.91 Å². The van der Waals surface area contributed by atoms with Crippen LogP contribution in [0.5, 0.6) is 5.75 Å². The molecule has 0 aliphatic carbocycles. The Labute approximate surface area is 156 Å². The number of benzene rings is 1. The Bertz CT molecular complexity index is 1020. The third kappa shape index (κ3) is 3.69. The average Bonchev–Trinajstić information content (AvgIpc) is 3.06. The van der Waals surface area contributed by atoms with Crippen LogP contribution in [0.2, 0.25) is 0 Å². The Hall–Kier alpha value is -3.16. The number of methoxy groups -OCH3 is 1. The van der Waals surface area contributed by atoms with E-state index in [-0.39, 0.29) is 24.0 Å². The highest BCUT2D eigenvalue weighted by Crippen LogP contribution is 2.28. The maximum absolute atomic E-state index is 12.7.